The van der Waals surface area contributed by atoms with Gasteiger partial charge in [0.15, 0.2) is 0 Å². The van der Waals surface area contributed by atoms with E-state index in [1.54, 1.807) is 0 Å². The number of phosphoric ester groups is 1. The Morgan fingerprint density at radius 3 is 1.22 bits per heavy atom. The maximum absolute atomic E-state index is 12.8. The number of rotatable bonds is 45. The number of nitrogens with two attached hydrogens (primary N) is 1. The third-order valence-electron chi connectivity index (χ3n) is 11.0. The van der Waals surface area contributed by atoms with Gasteiger partial charge in [-0.25, -0.2) is 4.57 Å². The number of aliphatic hydroxyl groups excluding tert-OH is 2. The minimum atomic E-state index is -4.37. The van der Waals surface area contributed by atoms with Crippen LogP contribution in [0, 0.1) is 0 Å². The predicted octanol–water partition coefficient (Wildman–Crippen LogP) is 12.4. The number of hydrogen-bond acceptors (Lipinski definition) is 7. The Morgan fingerprint density at radius 1 is 0.545 bits per heavy atom. The molecule has 0 aromatic carbocycles. The highest BCUT2D eigenvalue weighted by Crippen LogP contribution is 2.43. The summed E-state index contributed by atoms with van der Waals surface area (Å²) in [6, 6.07) is -0.890. The fourth-order valence-corrected chi connectivity index (χ4v) is 8.18. The van der Waals surface area contributed by atoms with Gasteiger partial charge in [0.1, 0.15) is 0 Å². The molecule has 55 heavy (non-hydrogen) atoms. The Bertz CT molecular complexity index is 852. The minimum Gasteiger partial charge on any atom is -0.393 e. The monoisotopic (exact) mass is 805 g/mol. The molecule has 0 spiro atoms. The maximum Gasteiger partial charge on any atom is 0.472 e. The third-order valence-corrected chi connectivity index (χ3v) is 12.0. The van der Waals surface area contributed by atoms with E-state index in [0.29, 0.717) is 12.8 Å². The zero-order chi connectivity index (χ0) is 40.5. The van der Waals surface area contributed by atoms with E-state index in [9.17, 15) is 24.5 Å². The molecule has 0 aliphatic heterocycles. The van der Waals surface area contributed by atoms with Crippen LogP contribution in [-0.4, -0.2) is 59.0 Å². The second-order valence-corrected chi connectivity index (χ2v) is 18.0. The summed E-state index contributed by atoms with van der Waals surface area (Å²) in [5.74, 6) is -0.408. The Morgan fingerprint density at radius 2 is 0.873 bits per heavy atom. The van der Waals surface area contributed by atoms with Gasteiger partial charge in [0.25, 0.3) is 0 Å². The van der Waals surface area contributed by atoms with E-state index in [1.165, 1.54) is 173 Å². The normalized spacial score (nSPS) is 14.5. The van der Waals surface area contributed by atoms with Gasteiger partial charge in [-0.3, -0.25) is 13.8 Å². The summed E-state index contributed by atoms with van der Waals surface area (Å²) in [7, 11) is -4.37. The van der Waals surface area contributed by atoms with E-state index in [2.05, 4.69) is 19.2 Å². The molecule has 0 aromatic rings. The summed E-state index contributed by atoms with van der Waals surface area (Å²) in [5.41, 5.74) is 5.37. The van der Waals surface area contributed by atoms with E-state index in [4.69, 9.17) is 14.8 Å². The van der Waals surface area contributed by atoms with Gasteiger partial charge in [-0.15, -0.1) is 0 Å². The van der Waals surface area contributed by atoms with Crippen molar-refractivity contribution in [2.75, 3.05) is 19.8 Å². The van der Waals surface area contributed by atoms with Crippen LogP contribution in [0.3, 0.4) is 0 Å². The fraction of sp³-hybridized carbons (Fsp3) is 0.978. The van der Waals surface area contributed by atoms with Crippen LogP contribution in [0.2, 0.25) is 0 Å². The molecule has 0 aliphatic carbocycles. The number of carbonyl (C=O) groups is 1. The van der Waals surface area contributed by atoms with Crippen LogP contribution < -0.4 is 11.1 Å². The van der Waals surface area contributed by atoms with Crippen LogP contribution in [-0.2, 0) is 18.4 Å². The summed E-state index contributed by atoms with van der Waals surface area (Å²) in [6.45, 7) is 4.07. The van der Waals surface area contributed by atoms with Gasteiger partial charge >= 0.3 is 7.82 Å². The number of amides is 1. The second-order valence-electron chi connectivity index (χ2n) is 16.5. The lowest BCUT2D eigenvalue weighted by molar-refractivity contribution is -0.125. The molecule has 4 atom stereocenters. The van der Waals surface area contributed by atoms with Crippen molar-refractivity contribution in [1.82, 2.24) is 5.32 Å². The number of nitrogens with one attached hydrogen (secondary N) is 1. The van der Waals surface area contributed by atoms with Crippen molar-refractivity contribution in [3.63, 3.8) is 0 Å². The molecule has 0 heterocycles. The molecule has 0 aliphatic rings. The van der Waals surface area contributed by atoms with Crippen LogP contribution in [0.15, 0.2) is 0 Å². The first-order valence-corrected chi connectivity index (χ1v) is 25.2. The molecule has 0 aromatic heterocycles. The van der Waals surface area contributed by atoms with Crippen LogP contribution in [0.1, 0.15) is 245 Å². The Kier molecular flexibility index (Phi) is 41.2. The van der Waals surface area contributed by atoms with E-state index in [1.807, 2.05) is 0 Å². The van der Waals surface area contributed by atoms with Crippen LogP contribution in [0.5, 0.6) is 0 Å². The number of carbonyl (C=O) groups excluding carboxylic acids is 1. The van der Waals surface area contributed by atoms with Crippen molar-refractivity contribution in [2.24, 2.45) is 5.73 Å². The third kappa shape index (κ3) is 40.0. The highest BCUT2D eigenvalue weighted by molar-refractivity contribution is 7.47. The molecule has 0 saturated heterocycles. The van der Waals surface area contributed by atoms with E-state index in [0.717, 1.165) is 38.5 Å². The minimum absolute atomic E-state index is 0.0626. The molecule has 0 rings (SSSR count). The summed E-state index contributed by atoms with van der Waals surface area (Å²) in [5, 5.41) is 24.2. The predicted molar refractivity (Wildman–Crippen MR) is 232 cm³/mol. The van der Waals surface area contributed by atoms with Crippen molar-refractivity contribution < 1.29 is 33.5 Å². The quantitative estimate of drug-likeness (QED) is 0.0301. The van der Waals surface area contributed by atoms with Crippen molar-refractivity contribution in [2.45, 2.75) is 263 Å². The van der Waals surface area contributed by atoms with Gasteiger partial charge in [0.2, 0.25) is 5.91 Å². The Balaban J connectivity index is 4.09. The van der Waals surface area contributed by atoms with Gasteiger partial charge in [0.05, 0.1) is 37.9 Å². The zero-order valence-corrected chi connectivity index (χ0v) is 37.2. The van der Waals surface area contributed by atoms with E-state index >= 15 is 0 Å². The standard InChI is InChI=1S/C45H93N2O7P/c1-3-5-7-9-11-13-15-17-18-19-20-21-22-23-24-25-26-28-30-32-34-36-42(48)40-45(50)47-43(41-54-55(51,52)53-39-38-46)44(49)37-35-33-31-29-27-16-14-12-10-8-6-4-2/h42-44,48-49H,3-41,46H2,1-2H3,(H,47,50)(H,51,52). The number of hydrogen-bond donors (Lipinski definition) is 5. The summed E-state index contributed by atoms with van der Waals surface area (Å²) >= 11 is 0. The van der Waals surface area contributed by atoms with Gasteiger partial charge in [-0.1, -0.05) is 226 Å². The van der Waals surface area contributed by atoms with E-state index in [-0.39, 0.29) is 26.2 Å². The molecule has 0 bridgehead atoms. The molecule has 6 N–H and O–H groups in total. The first kappa shape index (κ1) is 54.5. The topological polar surface area (TPSA) is 151 Å². The van der Waals surface area contributed by atoms with Crippen molar-refractivity contribution in [3.05, 3.63) is 0 Å². The lowest BCUT2D eigenvalue weighted by Gasteiger charge is -2.25. The summed E-state index contributed by atoms with van der Waals surface area (Å²) in [4.78, 5) is 22.8. The van der Waals surface area contributed by atoms with Gasteiger partial charge < -0.3 is 26.2 Å². The largest absolute Gasteiger partial charge is 0.472 e. The van der Waals surface area contributed by atoms with Crippen LogP contribution in [0.4, 0.5) is 0 Å². The fourth-order valence-electron chi connectivity index (χ4n) is 7.42. The second kappa shape index (κ2) is 41.6. The molecular formula is C45H93N2O7P. The summed E-state index contributed by atoms with van der Waals surface area (Å²) < 4.78 is 22.1. The molecule has 4 unspecified atom stereocenters. The van der Waals surface area contributed by atoms with Crippen molar-refractivity contribution >= 4 is 13.7 Å². The number of unbranched alkanes of at least 4 members (excludes halogenated alkanes) is 31. The highest BCUT2D eigenvalue weighted by Gasteiger charge is 2.28. The van der Waals surface area contributed by atoms with Gasteiger partial charge in [0, 0.05) is 6.54 Å². The molecule has 0 saturated carbocycles. The maximum atomic E-state index is 12.8. The zero-order valence-electron chi connectivity index (χ0n) is 36.3. The highest BCUT2D eigenvalue weighted by atomic mass is 31.2. The first-order chi connectivity index (χ1) is 26.8. The molecule has 330 valence electrons. The Labute approximate surface area is 340 Å². The number of aliphatic hydroxyl groups is 2. The van der Waals surface area contributed by atoms with Gasteiger partial charge in [-0.2, -0.15) is 0 Å². The number of phosphoric acid groups is 1. The SMILES string of the molecule is CCCCCCCCCCCCCCCCCCCCCCCC(O)CC(=O)NC(COP(=O)(O)OCCN)C(O)CCCCCCCCCCCCCC. The first-order valence-electron chi connectivity index (χ1n) is 23.7. The average molecular weight is 805 g/mol. The van der Waals surface area contributed by atoms with Crippen molar-refractivity contribution in [1.29, 1.82) is 0 Å². The molecule has 0 radical (unpaired) electrons. The van der Waals surface area contributed by atoms with Crippen molar-refractivity contribution in [3.8, 4) is 0 Å². The molecule has 10 heteroatoms. The molecular weight excluding hydrogens is 711 g/mol. The van der Waals surface area contributed by atoms with Crippen LogP contribution >= 0.6 is 7.82 Å². The summed E-state index contributed by atoms with van der Waals surface area (Å²) in [6.07, 6.45) is 41.5. The molecule has 9 nitrogen and oxygen atoms in total. The Hall–Kier alpha value is -0.540. The van der Waals surface area contributed by atoms with Crippen LogP contribution in [0.25, 0.3) is 0 Å². The van der Waals surface area contributed by atoms with Gasteiger partial charge in [-0.05, 0) is 12.8 Å². The lowest BCUT2D eigenvalue weighted by Crippen LogP contribution is -2.47. The lowest BCUT2D eigenvalue weighted by atomic mass is 10.0. The average Bonchev–Trinajstić information content (AvgIpc) is 3.16. The molecule has 0 fully saturated rings. The molecule has 1 amide bonds. The van der Waals surface area contributed by atoms with E-state index < -0.39 is 32.0 Å². The smallest absolute Gasteiger partial charge is 0.393 e.